The second-order valence-corrected chi connectivity index (χ2v) is 11.2. The molecule has 2 aromatic rings. The van der Waals surface area contributed by atoms with Crippen molar-refractivity contribution in [3.8, 4) is 0 Å². The summed E-state index contributed by atoms with van der Waals surface area (Å²) >= 11 is 6.44. The second kappa shape index (κ2) is 12.8. The summed E-state index contributed by atoms with van der Waals surface area (Å²) in [5, 5.41) is 0.684. The van der Waals surface area contributed by atoms with Crippen LogP contribution in [0.5, 0.6) is 0 Å². The van der Waals surface area contributed by atoms with Gasteiger partial charge in [-0.15, -0.1) is 0 Å². The molecule has 0 radical (unpaired) electrons. The lowest BCUT2D eigenvalue weighted by molar-refractivity contribution is -0.133. The van der Waals surface area contributed by atoms with E-state index in [9.17, 15) is 9.59 Å². The first kappa shape index (κ1) is 27.5. The summed E-state index contributed by atoms with van der Waals surface area (Å²) in [5.74, 6) is 0.888. The van der Waals surface area contributed by atoms with E-state index in [4.69, 9.17) is 17.3 Å². The highest BCUT2D eigenvalue weighted by atomic mass is 35.5. The number of nitrogens with two attached hydrogens (primary N) is 1. The zero-order valence-electron chi connectivity index (χ0n) is 22.3. The van der Waals surface area contributed by atoms with E-state index < -0.39 is 0 Å². The van der Waals surface area contributed by atoms with E-state index in [1.807, 2.05) is 47.1 Å². The molecule has 2 N–H and O–H groups in total. The summed E-state index contributed by atoms with van der Waals surface area (Å²) in [6, 6.07) is 14.2. The van der Waals surface area contributed by atoms with Crippen LogP contribution in [0.1, 0.15) is 50.2 Å². The van der Waals surface area contributed by atoms with E-state index in [1.54, 1.807) is 6.92 Å². The molecular formula is C30H41ClN4O2. The molecule has 0 atom stereocenters. The Morgan fingerprint density at radius 1 is 1.03 bits per heavy atom. The standard InChI is InChI=1S/C30H41ClN4O2/c1-22-7-8-28(21-29(22)31)35(30(37)26-11-17-34(18-12-26)23(2)36)14-4-13-33-15-9-24(10-16-33)19-25-5-3-6-27(32)20-25/h3,5-8,20-21,24,26H,4,9-19,32H2,1-2H3. The number of carbonyl (C=O) groups is 2. The number of rotatable bonds is 8. The molecule has 0 unspecified atom stereocenters. The van der Waals surface area contributed by atoms with Crippen LogP contribution in [0, 0.1) is 18.8 Å². The predicted molar refractivity (Wildman–Crippen MR) is 152 cm³/mol. The van der Waals surface area contributed by atoms with Crippen LogP contribution < -0.4 is 10.6 Å². The maximum atomic E-state index is 13.7. The quantitative estimate of drug-likeness (QED) is 0.484. The van der Waals surface area contributed by atoms with Crippen molar-refractivity contribution in [1.82, 2.24) is 9.80 Å². The van der Waals surface area contributed by atoms with Gasteiger partial charge in [-0.3, -0.25) is 9.59 Å². The molecule has 2 aromatic carbocycles. The van der Waals surface area contributed by atoms with Gasteiger partial charge in [-0.2, -0.15) is 0 Å². The van der Waals surface area contributed by atoms with Gasteiger partial charge in [0.25, 0.3) is 0 Å². The van der Waals surface area contributed by atoms with Crippen molar-refractivity contribution in [2.45, 2.75) is 52.4 Å². The fourth-order valence-electron chi connectivity index (χ4n) is 5.70. The molecular weight excluding hydrogens is 484 g/mol. The number of carbonyl (C=O) groups excluding carboxylic acids is 2. The van der Waals surface area contributed by atoms with Gasteiger partial charge in [0.2, 0.25) is 11.8 Å². The Morgan fingerprint density at radius 3 is 2.41 bits per heavy atom. The number of anilines is 2. The molecule has 7 heteroatoms. The fraction of sp³-hybridized carbons (Fsp3) is 0.533. The molecule has 0 bridgehead atoms. The zero-order chi connectivity index (χ0) is 26.4. The SMILES string of the molecule is CC(=O)N1CCC(C(=O)N(CCCN2CCC(Cc3cccc(N)c3)CC2)c2ccc(C)c(Cl)c2)CC1. The Labute approximate surface area is 226 Å². The largest absolute Gasteiger partial charge is 0.399 e. The third kappa shape index (κ3) is 7.48. The molecule has 0 saturated carbocycles. The summed E-state index contributed by atoms with van der Waals surface area (Å²) in [4.78, 5) is 31.7. The Morgan fingerprint density at radius 2 is 1.76 bits per heavy atom. The molecule has 4 rings (SSSR count). The molecule has 0 aliphatic carbocycles. The summed E-state index contributed by atoms with van der Waals surface area (Å²) in [5.41, 5.74) is 10.0. The number of aryl methyl sites for hydroxylation is 1. The minimum atomic E-state index is -0.0570. The first-order chi connectivity index (χ1) is 17.8. The smallest absolute Gasteiger partial charge is 0.230 e. The van der Waals surface area contributed by atoms with Gasteiger partial charge in [0.1, 0.15) is 0 Å². The number of nitrogens with zero attached hydrogens (tertiary/aromatic N) is 3. The van der Waals surface area contributed by atoms with Crippen LogP contribution in [0.25, 0.3) is 0 Å². The van der Waals surface area contributed by atoms with Crippen molar-refractivity contribution in [3.63, 3.8) is 0 Å². The van der Waals surface area contributed by atoms with Crippen molar-refractivity contribution >= 4 is 34.8 Å². The third-order valence-electron chi connectivity index (χ3n) is 8.06. The van der Waals surface area contributed by atoms with Crippen molar-refractivity contribution in [3.05, 3.63) is 58.6 Å². The first-order valence-corrected chi connectivity index (χ1v) is 14.1. The molecule has 6 nitrogen and oxygen atoms in total. The zero-order valence-corrected chi connectivity index (χ0v) is 23.1. The number of hydrogen-bond donors (Lipinski definition) is 1. The van der Waals surface area contributed by atoms with Gasteiger partial charge in [0.15, 0.2) is 0 Å². The molecule has 2 aliphatic heterocycles. The maximum Gasteiger partial charge on any atom is 0.230 e. The van der Waals surface area contributed by atoms with Crippen LogP contribution in [0.15, 0.2) is 42.5 Å². The van der Waals surface area contributed by atoms with Crippen molar-refractivity contribution in [1.29, 1.82) is 0 Å². The average molecular weight is 525 g/mol. The molecule has 0 spiro atoms. The Hall–Kier alpha value is -2.57. The Bertz CT molecular complexity index is 1080. The summed E-state index contributed by atoms with van der Waals surface area (Å²) in [6.45, 7) is 8.74. The number of likely N-dealkylation sites (tertiary alicyclic amines) is 2. The molecule has 2 heterocycles. The molecule has 2 aliphatic rings. The lowest BCUT2D eigenvalue weighted by Crippen LogP contribution is -2.45. The summed E-state index contributed by atoms with van der Waals surface area (Å²) in [7, 11) is 0. The van der Waals surface area contributed by atoms with E-state index in [2.05, 4.69) is 17.0 Å². The normalized spacial score (nSPS) is 17.6. The van der Waals surface area contributed by atoms with Crippen LogP contribution in [0.2, 0.25) is 5.02 Å². The van der Waals surface area contributed by atoms with Crippen LogP contribution in [0.4, 0.5) is 11.4 Å². The minimum Gasteiger partial charge on any atom is -0.399 e. The number of halogens is 1. The number of hydrogen-bond acceptors (Lipinski definition) is 4. The lowest BCUT2D eigenvalue weighted by atomic mass is 9.90. The van der Waals surface area contributed by atoms with Crippen molar-refractivity contribution < 1.29 is 9.59 Å². The van der Waals surface area contributed by atoms with Crippen molar-refractivity contribution in [2.75, 3.05) is 49.9 Å². The van der Waals surface area contributed by atoms with E-state index in [1.165, 1.54) is 18.4 Å². The Balaban J connectivity index is 1.31. The summed E-state index contributed by atoms with van der Waals surface area (Å²) in [6.07, 6.45) is 5.84. The van der Waals surface area contributed by atoms with Crippen molar-refractivity contribution in [2.24, 2.45) is 11.8 Å². The van der Waals surface area contributed by atoms with Crippen LogP contribution in [0.3, 0.4) is 0 Å². The number of benzene rings is 2. The molecule has 37 heavy (non-hydrogen) atoms. The monoisotopic (exact) mass is 524 g/mol. The molecule has 0 aromatic heterocycles. The van der Waals surface area contributed by atoms with Gasteiger partial charge < -0.3 is 20.4 Å². The Kier molecular flexibility index (Phi) is 9.49. The van der Waals surface area contributed by atoms with Gasteiger partial charge in [0.05, 0.1) is 0 Å². The van der Waals surface area contributed by atoms with E-state index in [0.717, 1.165) is 62.3 Å². The molecule has 2 saturated heterocycles. The van der Waals surface area contributed by atoms with E-state index in [0.29, 0.717) is 30.6 Å². The minimum absolute atomic E-state index is 0.0570. The lowest BCUT2D eigenvalue weighted by Gasteiger charge is -2.35. The van der Waals surface area contributed by atoms with E-state index in [-0.39, 0.29) is 17.7 Å². The maximum absolute atomic E-state index is 13.7. The van der Waals surface area contributed by atoms with Crippen LogP contribution in [-0.4, -0.2) is 60.9 Å². The van der Waals surface area contributed by atoms with Gasteiger partial charge >= 0.3 is 0 Å². The van der Waals surface area contributed by atoms with Gasteiger partial charge in [-0.05, 0) is 106 Å². The first-order valence-electron chi connectivity index (χ1n) is 13.7. The molecule has 2 amide bonds. The van der Waals surface area contributed by atoms with Gasteiger partial charge in [-0.25, -0.2) is 0 Å². The van der Waals surface area contributed by atoms with Gasteiger partial charge in [0, 0.05) is 48.9 Å². The van der Waals surface area contributed by atoms with E-state index >= 15 is 0 Å². The highest BCUT2D eigenvalue weighted by molar-refractivity contribution is 6.31. The topological polar surface area (TPSA) is 69.9 Å². The second-order valence-electron chi connectivity index (χ2n) is 10.8. The van der Waals surface area contributed by atoms with Crippen LogP contribution >= 0.6 is 11.6 Å². The molecule has 2 fully saturated rings. The summed E-state index contributed by atoms with van der Waals surface area (Å²) < 4.78 is 0. The number of nitrogen functional groups attached to an aromatic ring is 1. The third-order valence-corrected chi connectivity index (χ3v) is 8.47. The highest BCUT2D eigenvalue weighted by Gasteiger charge is 2.30. The number of piperidine rings is 2. The highest BCUT2D eigenvalue weighted by Crippen LogP contribution is 2.28. The molecule has 200 valence electrons. The van der Waals surface area contributed by atoms with Crippen LogP contribution in [-0.2, 0) is 16.0 Å². The predicted octanol–water partition coefficient (Wildman–Crippen LogP) is 5.17. The fourth-order valence-corrected chi connectivity index (χ4v) is 5.87. The van der Waals surface area contributed by atoms with Gasteiger partial charge in [-0.1, -0.05) is 29.8 Å². The average Bonchev–Trinajstić information content (AvgIpc) is 2.89. The number of amides is 2.